The van der Waals surface area contributed by atoms with Crippen LogP contribution in [-0.2, 0) is 4.79 Å². The molecule has 0 rings (SSSR count). The van der Waals surface area contributed by atoms with Crippen LogP contribution in [-0.4, -0.2) is 29.2 Å². The molecule has 0 aliphatic carbocycles. The molecule has 3 N–H and O–H groups in total. The van der Waals surface area contributed by atoms with Crippen molar-refractivity contribution in [2.45, 2.75) is 46.6 Å². The van der Waals surface area contributed by atoms with Gasteiger partial charge in [0.25, 0.3) is 0 Å². The van der Waals surface area contributed by atoms with E-state index in [1.54, 1.807) is 13.8 Å². The molecule has 5 nitrogen and oxygen atoms in total. The Hall–Kier alpha value is -1.26. The monoisotopic (exact) mass is 230 g/mol. The smallest absolute Gasteiger partial charge is 0.315 e. The van der Waals surface area contributed by atoms with E-state index in [9.17, 15) is 9.59 Å². The standard InChI is InChI=1S/C11H22N2O3/c1-6-11(5,8(14)15)7-12-9(16)13-10(2,3)4/h6-7H2,1-5H3,(H,14,15)(H2,12,13,16). The summed E-state index contributed by atoms with van der Waals surface area (Å²) in [6.45, 7) is 9.12. The first kappa shape index (κ1) is 14.7. The van der Waals surface area contributed by atoms with Crippen LogP contribution in [0.4, 0.5) is 4.79 Å². The van der Waals surface area contributed by atoms with E-state index in [1.165, 1.54) is 0 Å². The Morgan fingerprint density at radius 1 is 1.19 bits per heavy atom. The predicted molar refractivity (Wildman–Crippen MR) is 62.3 cm³/mol. The first-order valence-corrected chi connectivity index (χ1v) is 5.40. The Balaban J connectivity index is 4.24. The number of aliphatic carboxylic acids is 1. The van der Waals surface area contributed by atoms with Crippen molar-refractivity contribution in [3.63, 3.8) is 0 Å². The van der Waals surface area contributed by atoms with Gasteiger partial charge in [-0.15, -0.1) is 0 Å². The average molecular weight is 230 g/mol. The Labute approximate surface area is 96.6 Å². The second-order valence-electron chi connectivity index (χ2n) is 5.28. The SMILES string of the molecule is CCC(C)(CNC(=O)NC(C)(C)C)C(=O)O. The molecule has 0 saturated carbocycles. The summed E-state index contributed by atoms with van der Waals surface area (Å²) in [6, 6.07) is -0.339. The van der Waals surface area contributed by atoms with Crippen molar-refractivity contribution in [2.75, 3.05) is 6.54 Å². The third kappa shape index (κ3) is 5.00. The van der Waals surface area contributed by atoms with E-state index >= 15 is 0 Å². The lowest BCUT2D eigenvalue weighted by Crippen LogP contribution is -2.50. The molecule has 0 aromatic carbocycles. The zero-order valence-electron chi connectivity index (χ0n) is 10.7. The van der Waals surface area contributed by atoms with Gasteiger partial charge < -0.3 is 15.7 Å². The van der Waals surface area contributed by atoms with E-state index in [1.807, 2.05) is 20.8 Å². The largest absolute Gasteiger partial charge is 0.481 e. The normalized spacial score (nSPS) is 15.1. The molecule has 0 bridgehead atoms. The van der Waals surface area contributed by atoms with Gasteiger partial charge in [0.05, 0.1) is 5.41 Å². The van der Waals surface area contributed by atoms with Crippen LogP contribution < -0.4 is 10.6 Å². The van der Waals surface area contributed by atoms with Gasteiger partial charge in [0, 0.05) is 12.1 Å². The second-order valence-corrected chi connectivity index (χ2v) is 5.28. The molecule has 5 heteroatoms. The van der Waals surface area contributed by atoms with E-state index in [-0.39, 0.29) is 18.1 Å². The minimum atomic E-state index is -0.908. The highest BCUT2D eigenvalue weighted by atomic mass is 16.4. The van der Waals surface area contributed by atoms with Crippen molar-refractivity contribution in [2.24, 2.45) is 5.41 Å². The highest BCUT2D eigenvalue weighted by Gasteiger charge is 2.31. The van der Waals surface area contributed by atoms with Gasteiger partial charge in [0.2, 0.25) is 0 Å². The molecule has 16 heavy (non-hydrogen) atoms. The maximum absolute atomic E-state index is 11.4. The molecule has 1 unspecified atom stereocenters. The summed E-state index contributed by atoms with van der Waals surface area (Å²) >= 11 is 0. The topological polar surface area (TPSA) is 78.4 Å². The number of carboxylic acids is 1. The number of amides is 2. The van der Waals surface area contributed by atoms with Crippen LogP contribution in [0.15, 0.2) is 0 Å². The van der Waals surface area contributed by atoms with Gasteiger partial charge in [-0.25, -0.2) is 4.79 Å². The molecule has 94 valence electrons. The summed E-state index contributed by atoms with van der Waals surface area (Å²) in [6.07, 6.45) is 0.470. The first-order chi connectivity index (χ1) is 7.10. The molecule has 1 atom stereocenters. The summed E-state index contributed by atoms with van der Waals surface area (Å²) in [4.78, 5) is 22.4. The number of rotatable bonds is 4. The van der Waals surface area contributed by atoms with E-state index in [0.717, 1.165) is 0 Å². The molecule has 0 heterocycles. The fraction of sp³-hybridized carbons (Fsp3) is 0.818. The van der Waals surface area contributed by atoms with Crippen LogP contribution >= 0.6 is 0 Å². The maximum atomic E-state index is 11.4. The van der Waals surface area contributed by atoms with Crippen molar-refractivity contribution in [1.82, 2.24) is 10.6 Å². The second kappa shape index (κ2) is 5.18. The number of urea groups is 1. The van der Waals surface area contributed by atoms with E-state index in [4.69, 9.17) is 5.11 Å². The number of nitrogens with one attached hydrogen (secondary N) is 2. The Morgan fingerprint density at radius 3 is 2.00 bits per heavy atom. The lowest BCUT2D eigenvalue weighted by atomic mass is 9.88. The molecule has 0 aliphatic heterocycles. The van der Waals surface area contributed by atoms with Crippen LogP contribution in [0.1, 0.15) is 41.0 Å². The van der Waals surface area contributed by atoms with Gasteiger partial charge in [0.15, 0.2) is 0 Å². The van der Waals surface area contributed by atoms with Gasteiger partial charge in [-0.1, -0.05) is 6.92 Å². The molecular weight excluding hydrogens is 208 g/mol. The van der Waals surface area contributed by atoms with Gasteiger partial charge in [-0.05, 0) is 34.1 Å². The van der Waals surface area contributed by atoms with Crippen LogP contribution in [0.5, 0.6) is 0 Å². The van der Waals surface area contributed by atoms with E-state index < -0.39 is 11.4 Å². The van der Waals surface area contributed by atoms with Gasteiger partial charge in [0.1, 0.15) is 0 Å². The van der Waals surface area contributed by atoms with Crippen molar-refractivity contribution >= 4 is 12.0 Å². The summed E-state index contributed by atoms with van der Waals surface area (Å²) in [5.41, 5.74) is -1.23. The van der Waals surface area contributed by atoms with Gasteiger partial charge in [-0.2, -0.15) is 0 Å². The lowest BCUT2D eigenvalue weighted by Gasteiger charge is -2.25. The Morgan fingerprint density at radius 2 is 1.69 bits per heavy atom. The van der Waals surface area contributed by atoms with Crippen LogP contribution in [0.25, 0.3) is 0 Å². The number of hydrogen-bond donors (Lipinski definition) is 3. The molecule has 0 aromatic rings. The minimum Gasteiger partial charge on any atom is -0.481 e. The Bertz CT molecular complexity index is 271. The molecule has 0 spiro atoms. The van der Waals surface area contributed by atoms with Crippen molar-refractivity contribution < 1.29 is 14.7 Å². The molecule has 0 aromatic heterocycles. The first-order valence-electron chi connectivity index (χ1n) is 5.40. The van der Waals surface area contributed by atoms with E-state index in [2.05, 4.69) is 10.6 Å². The quantitative estimate of drug-likeness (QED) is 0.686. The number of carbonyl (C=O) groups is 2. The van der Waals surface area contributed by atoms with Crippen LogP contribution in [0.2, 0.25) is 0 Å². The predicted octanol–water partition coefficient (Wildman–Crippen LogP) is 1.58. The fourth-order valence-electron chi connectivity index (χ4n) is 1.01. The van der Waals surface area contributed by atoms with Crippen LogP contribution in [0, 0.1) is 5.41 Å². The maximum Gasteiger partial charge on any atom is 0.315 e. The highest BCUT2D eigenvalue weighted by molar-refractivity contribution is 5.78. The zero-order chi connectivity index (χ0) is 13.0. The third-order valence-corrected chi connectivity index (χ3v) is 2.42. The fourth-order valence-corrected chi connectivity index (χ4v) is 1.01. The van der Waals surface area contributed by atoms with Crippen molar-refractivity contribution in [3.05, 3.63) is 0 Å². The van der Waals surface area contributed by atoms with E-state index in [0.29, 0.717) is 6.42 Å². The summed E-state index contributed by atoms with van der Waals surface area (Å²) < 4.78 is 0. The Kier molecular flexibility index (Phi) is 4.78. The number of hydrogen-bond acceptors (Lipinski definition) is 2. The molecule has 2 amide bonds. The van der Waals surface area contributed by atoms with Gasteiger partial charge in [-0.3, -0.25) is 4.79 Å². The molecule has 0 radical (unpaired) electrons. The summed E-state index contributed by atoms with van der Waals surface area (Å²) in [5, 5.41) is 14.3. The van der Waals surface area contributed by atoms with Gasteiger partial charge >= 0.3 is 12.0 Å². The average Bonchev–Trinajstić information content (AvgIpc) is 2.11. The number of carboxylic acid groups (broad SMARTS) is 1. The molecule has 0 saturated heterocycles. The zero-order valence-corrected chi connectivity index (χ0v) is 10.7. The summed E-state index contributed by atoms with van der Waals surface area (Å²) in [7, 11) is 0. The summed E-state index contributed by atoms with van der Waals surface area (Å²) in [5.74, 6) is -0.897. The molecule has 0 aliphatic rings. The molecular formula is C11H22N2O3. The molecule has 0 fully saturated rings. The highest BCUT2D eigenvalue weighted by Crippen LogP contribution is 2.19. The number of carbonyl (C=O) groups excluding carboxylic acids is 1. The lowest BCUT2D eigenvalue weighted by molar-refractivity contribution is -0.147. The van der Waals surface area contributed by atoms with Crippen LogP contribution in [0.3, 0.4) is 0 Å². The van der Waals surface area contributed by atoms with Crippen molar-refractivity contribution in [3.8, 4) is 0 Å². The third-order valence-electron chi connectivity index (χ3n) is 2.42. The minimum absolute atomic E-state index is 0.126. The van der Waals surface area contributed by atoms with Crippen molar-refractivity contribution in [1.29, 1.82) is 0 Å².